The predicted octanol–water partition coefficient (Wildman–Crippen LogP) is 7.52. The predicted molar refractivity (Wildman–Crippen MR) is 186 cm³/mol. The second-order valence-corrected chi connectivity index (χ2v) is 11.0. The number of para-hydroxylation sites is 2. The molecule has 0 spiro atoms. The molecule has 0 bridgehead atoms. The average molecular weight is 691 g/mol. The van der Waals surface area contributed by atoms with E-state index in [2.05, 4.69) is 0 Å². The van der Waals surface area contributed by atoms with E-state index in [-0.39, 0.29) is 56.0 Å². The number of carbonyl (C=O) groups excluding carboxylic acids is 6. The zero-order valence-corrected chi connectivity index (χ0v) is 27.1. The summed E-state index contributed by atoms with van der Waals surface area (Å²) in [5.41, 5.74) is -0.208. The minimum absolute atomic E-state index is 0.00815. The van der Waals surface area contributed by atoms with Crippen LogP contribution in [0.5, 0.6) is 11.5 Å². The maximum absolute atomic E-state index is 13.7. The Labute approximate surface area is 296 Å². The molecule has 10 nitrogen and oxygen atoms in total. The number of benzene rings is 6. The first-order valence-corrected chi connectivity index (χ1v) is 15.7. The lowest BCUT2D eigenvalue weighted by atomic mass is 9.97. The fourth-order valence-corrected chi connectivity index (χ4v) is 5.13. The van der Waals surface area contributed by atoms with Crippen molar-refractivity contribution < 1.29 is 48.0 Å². The van der Waals surface area contributed by atoms with E-state index < -0.39 is 35.4 Å². The first-order valence-electron chi connectivity index (χ1n) is 15.7. The summed E-state index contributed by atoms with van der Waals surface area (Å²) < 4.78 is 11.0. The molecule has 0 aliphatic rings. The summed E-state index contributed by atoms with van der Waals surface area (Å²) in [6.45, 7) is 0. The normalized spacial score (nSPS) is 10.4. The van der Waals surface area contributed by atoms with Crippen LogP contribution in [0, 0.1) is 0 Å². The van der Waals surface area contributed by atoms with Gasteiger partial charge in [-0.2, -0.15) is 0 Å². The quantitative estimate of drug-likeness (QED) is 0.0466. The summed E-state index contributed by atoms with van der Waals surface area (Å²) >= 11 is 0. The maximum Gasteiger partial charge on any atom is 0.387 e. The van der Waals surface area contributed by atoms with Crippen LogP contribution in [0.4, 0.5) is 0 Å². The summed E-state index contributed by atoms with van der Waals surface area (Å²) in [7, 11) is 0. The van der Waals surface area contributed by atoms with Crippen LogP contribution < -0.4 is 9.47 Å². The fourth-order valence-electron chi connectivity index (χ4n) is 5.13. The van der Waals surface area contributed by atoms with Crippen LogP contribution in [0.2, 0.25) is 0 Å². The molecule has 0 aromatic heterocycles. The fraction of sp³-hybridized carbons (Fsp3) is 0. The van der Waals surface area contributed by atoms with Crippen molar-refractivity contribution >= 4 is 35.4 Å². The second-order valence-electron chi connectivity index (χ2n) is 11.0. The second kappa shape index (κ2) is 15.8. The number of carbonyl (C=O) groups is 6. The standard InChI is InChI=1S/C42H26O10/c43-37(33-23-11-13-25-35(33)49-39(45)27-15-3-1-4-16-27)29-19-7-9-21-31(29)41(47)51-52-42(48)32-22-10-8-20-30(32)38(44)34-24-12-14-26-36(34)50-40(46)28-17-5-2-6-18-28/h1-26H. The molecule has 6 rings (SSSR count). The zero-order chi connectivity index (χ0) is 36.5. The van der Waals surface area contributed by atoms with Crippen LogP contribution in [0.1, 0.15) is 73.3 Å². The highest BCUT2D eigenvalue weighted by Crippen LogP contribution is 2.27. The number of ether oxygens (including phenoxy) is 2. The molecule has 6 aromatic carbocycles. The molecular formula is C42H26O10. The van der Waals surface area contributed by atoms with E-state index >= 15 is 0 Å². The van der Waals surface area contributed by atoms with E-state index in [9.17, 15) is 28.8 Å². The molecule has 52 heavy (non-hydrogen) atoms. The molecule has 0 N–H and O–H groups in total. The van der Waals surface area contributed by atoms with E-state index in [4.69, 9.17) is 19.2 Å². The molecule has 0 amide bonds. The van der Waals surface area contributed by atoms with E-state index in [1.807, 2.05) is 0 Å². The molecule has 0 aliphatic carbocycles. The summed E-state index contributed by atoms with van der Waals surface area (Å²) in [6.07, 6.45) is 0. The molecule has 0 heterocycles. The molecule has 0 fully saturated rings. The first kappa shape index (κ1) is 34.4. The van der Waals surface area contributed by atoms with Gasteiger partial charge in [-0.3, -0.25) is 9.59 Å². The Morgan fingerprint density at radius 2 is 0.577 bits per heavy atom. The lowest BCUT2D eigenvalue weighted by molar-refractivity contribution is -0.187. The Balaban J connectivity index is 1.18. The zero-order valence-electron chi connectivity index (χ0n) is 27.1. The Hall–Kier alpha value is -7.46. The molecule has 0 radical (unpaired) electrons. The Morgan fingerprint density at radius 3 is 0.942 bits per heavy atom. The van der Waals surface area contributed by atoms with Crippen LogP contribution in [-0.4, -0.2) is 35.4 Å². The largest absolute Gasteiger partial charge is 0.422 e. The van der Waals surface area contributed by atoms with E-state index in [1.54, 1.807) is 84.9 Å². The molecule has 0 aliphatic heterocycles. The minimum atomic E-state index is -1.18. The van der Waals surface area contributed by atoms with Crippen molar-refractivity contribution in [1.82, 2.24) is 0 Å². The van der Waals surface area contributed by atoms with Crippen molar-refractivity contribution in [1.29, 1.82) is 0 Å². The smallest absolute Gasteiger partial charge is 0.387 e. The van der Waals surface area contributed by atoms with Crippen molar-refractivity contribution in [2.24, 2.45) is 0 Å². The molecule has 0 unspecified atom stereocenters. The van der Waals surface area contributed by atoms with Crippen LogP contribution in [-0.2, 0) is 9.78 Å². The highest BCUT2D eigenvalue weighted by Gasteiger charge is 2.27. The lowest BCUT2D eigenvalue weighted by Gasteiger charge is -2.12. The number of esters is 2. The van der Waals surface area contributed by atoms with Gasteiger partial charge < -0.3 is 9.47 Å². The summed E-state index contributed by atoms with van der Waals surface area (Å²) in [5, 5.41) is 0. The van der Waals surface area contributed by atoms with Gasteiger partial charge in [0.1, 0.15) is 11.5 Å². The summed E-state index contributed by atoms with van der Waals surface area (Å²) in [5.74, 6) is -5.14. The molecular weight excluding hydrogens is 664 g/mol. The van der Waals surface area contributed by atoms with Crippen molar-refractivity contribution in [2.75, 3.05) is 0 Å². The van der Waals surface area contributed by atoms with Crippen molar-refractivity contribution in [3.8, 4) is 11.5 Å². The third-order valence-electron chi connectivity index (χ3n) is 7.66. The van der Waals surface area contributed by atoms with E-state index in [0.717, 1.165) is 0 Å². The van der Waals surface area contributed by atoms with Gasteiger partial charge in [0.2, 0.25) is 0 Å². The Kier molecular flexibility index (Phi) is 10.5. The van der Waals surface area contributed by atoms with Gasteiger partial charge >= 0.3 is 23.9 Å². The van der Waals surface area contributed by atoms with Crippen LogP contribution in [0.25, 0.3) is 0 Å². The molecule has 0 saturated carbocycles. The maximum atomic E-state index is 13.7. The highest BCUT2D eigenvalue weighted by molar-refractivity contribution is 6.17. The number of hydrogen-bond acceptors (Lipinski definition) is 10. The molecule has 0 atom stereocenters. The van der Waals surface area contributed by atoms with Gasteiger partial charge in [-0.15, -0.1) is 0 Å². The minimum Gasteiger partial charge on any atom is -0.422 e. The average Bonchev–Trinajstić information content (AvgIpc) is 3.20. The van der Waals surface area contributed by atoms with Crippen LogP contribution in [0.3, 0.4) is 0 Å². The van der Waals surface area contributed by atoms with Gasteiger partial charge in [-0.1, -0.05) is 97.1 Å². The summed E-state index contributed by atoms with van der Waals surface area (Å²) in [6, 6.07) is 39.8. The first-order chi connectivity index (χ1) is 25.3. The van der Waals surface area contributed by atoms with E-state index in [1.165, 1.54) is 72.8 Å². The van der Waals surface area contributed by atoms with Crippen molar-refractivity contribution in [3.05, 3.63) is 202 Å². The third-order valence-corrected chi connectivity index (χ3v) is 7.66. The summed E-state index contributed by atoms with van der Waals surface area (Å²) in [4.78, 5) is 89.1. The Morgan fingerprint density at radius 1 is 0.288 bits per heavy atom. The number of hydrogen-bond donors (Lipinski definition) is 0. The number of ketones is 2. The van der Waals surface area contributed by atoms with E-state index in [0.29, 0.717) is 0 Å². The highest BCUT2D eigenvalue weighted by atomic mass is 17.2. The topological polar surface area (TPSA) is 139 Å². The lowest BCUT2D eigenvalue weighted by Crippen LogP contribution is -2.18. The van der Waals surface area contributed by atoms with Gasteiger partial charge in [-0.25, -0.2) is 29.0 Å². The van der Waals surface area contributed by atoms with Crippen LogP contribution >= 0.6 is 0 Å². The molecule has 10 heteroatoms. The molecule has 6 aromatic rings. The van der Waals surface area contributed by atoms with Gasteiger partial charge in [0, 0.05) is 11.1 Å². The molecule has 254 valence electrons. The monoisotopic (exact) mass is 690 g/mol. The number of rotatable bonds is 10. The van der Waals surface area contributed by atoms with Gasteiger partial charge in [-0.05, 0) is 60.7 Å². The third kappa shape index (κ3) is 7.72. The van der Waals surface area contributed by atoms with Crippen molar-refractivity contribution in [2.45, 2.75) is 0 Å². The van der Waals surface area contributed by atoms with Crippen molar-refractivity contribution in [3.63, 3.8) is 0 Å². The van der Waals surface area contributed by atoms with Gasteiger partial charge in [0.05, 0.1) is 33.4 Å². The SMILES string of the molecule is O=C(Oc1ccccc1C(=O)c1ccccc1C(=O)OOC(=O)c1ccccc1C(=O)c1ccccc1OC(=O)c1ccccc1)c1ccccc1. The van der Waals surface area contributed by atoms with Crippen LogP contribution in [0.15, 0.2) is 158 Å². The van der Waals surface area contributed by atoms with Gasteiger partial charge in [0.15, 0.2) is 11.6 Å². The Bertz CT molecular complexity index is 2150. The van der Waals surface area contributed by atoms with Gasteiger partial charge in [0.25, 0.3) is 0 Å². The molecule has 0 saturated heterocycles.